The summed E-state index contributed by atoms with van der Waals surface area (Å²) in [5.74, 6) is 1.36. The Morgan fingerprint density at radius 2 is 1.95 bits per heavy atom. The maximum absolute atomic E-state index is 5.83. The van der Waals surface area contributed by atoms with E-state index in [1.165, 1.54) is 16.7 Å². The molecule has 1 aromatic carbocycles. The van der Waals surface area contributed by atoms with Gasteiger partial charge in [0, 0.05) is 11.8 Å². The summed E-state index contributed by atoms with van der Waals surface area (Å²) in [6, 6.07) is 6.82. The number of aromatic nitrogens is 3. The smallest absolute Gasteiger partial charge is 0.222 e. The molecule has 0 atom stereocenters. The molecule has 19 heavy (non-hydrogen) atoms. The van der Waals surface area contributed by atoms with Crippen molar-refractivity contribution in [3.8, 4) is 0 Å². The van der Waals surface area contributed by atoms with Crippen LogP contribution in [0.3, 0.4) is 0 Å². The fourth-order valence-corrected chi connectivity index (χ4v) is 2.93. The summed E-state index contributed by atoms with van der Waals surface area (Å²) in [4.78, 5) is 0. The van der Waals surface area contributed by atoms with E-state index in [4.69, 9.17) is 5.73 Å². The second kappa shape index (κ2) is 5.65. The highest BCUT2D eigenvalue weighted by Gasteiger charge is 2.12. The van der Waals surface area contributed by atoms with Gasteiger partial charge in [0.05, 0.1) is 0 Å². The van der Waals surface area contributed by atoms with Crippen LogP contribution >= 0.6 is 11.8 Å². The van der Waals surface area contributed by atoms with Crippen molar-refractivity contribution in [1.29, 1.82) is 0 Å². The Labute approximate surface area is 118 Å². The molecule has 0 saturated heterocycles. The van der Waals surface area contributed by atoms with Gasteiger partial charge < -0.3 is 5.73 Å². The lowest BCUT2D eigenvalue weighted by Crippen LogP contribution is -2.07. The number of rotatable bonds is 4. The third-order valence-electron chi connectivity index (χ3n) is 3.15. The maximum atomic E-state index is 5.83. The molecule has 2 N–H and O–H groups in total. The van der Waals surface area contributed by atoms with Crippen molar-refractivity contribution in [2.45, 2.75) is 44.6 Å². The van der Waals surface area contributed by atoms with Gasteiger partial charge in [0.25, 0.3) is 0 Å². The number of nitrogen functional groups attached to an aromatic ring is 1. The first-order valence-electron chi connectivity index (χ1n) is 6.38. The first-order chi connectivity index (χ1) is 8.99. The molecule has 102 valence electrons. The maximum Gasteiger partial charge on any atom is 0.222 e. The Morgan fingerprint density at radius 1 is 1.21 bits per heavy atom. The standard InChI is InChI=1S/C14H20N4S/c1-9(2)18-13(15)16-17-14(18)19-8-12-6-5-10(3)11(4)7-12/h5-7,9H,8H2,1-4H3,(H2,15,16). The van der Waals surface area contributed by atoms with E-state index in [0.717, 1.165) is 10.9 Å². The van der Waals surface area contributed by atoms with Gasteiger partial charge in [-0.1, -0.05) is 30.0 Å². The van der Waals surface area contributed by atoms with E-state index in [-0.39, 0.29) is 6.04 Å². The van der Waals surface area contributed by atoms with E-state index in [2.05, 4.69) is 56.1 Å². The largest absolute Gasteiger partial charge is 0.368 e. The zero-order valence-electron chi connectivity index (χ0n) is 11.8. The molecule has 0 aliphatic carbocycles. The Balaban J connectivity index is 2.12. The fraction of sp³-hybridized carbons (Fsp3) is 0.429. The van der Waals surface area contributed by atoms with Crippen molar-refractivity contribution in [1.82, 2.24) is 14.8 Å². The number of aryl methyl sites for hydroxylation is 2. The van der Waals surface area contributed by atoms with E-state index in [9.17, 15) is 0 Å². The van der Waals surface area contributed by atoms with Crippen LogP contribution in [0.1, 0.15) is 36.6 Å². The van der Waals surface area contributed by atoms with Crippen molar-refractivity contribution in [2.75, 3.05) is 5.73 Å². The molecule has 4 nitrogen and oxygen atoms in total. The van der Waals surface area contributed by atoms with Gasteiger partial charge in [-0.3, -0.25) is 4.57 Å². The van der Waals surface area contributed by atoms with Gasteiger partial charge in [0.1, 0.15) is 0 Å². The predicted octanol–water partition coefficient (Wildman–Crippen LogP) is 3.35. The molecule has 2 aromatic rings. The summed E-state index contributed by atoms with van der Waals surface area (Å²) in [5, 5.41) is 8.97. The lowest BCUT2D eigenvalue weighted by molar-refractivity contribution is 0.557. The summed E-state index contributed by atoms with van der Waals surface area (Å²) in [5.41, 5.74) is 9.77. The summed E-state index contributed by atoms with van der Waals surface area (Å²) < 4.78 is 1.96. The average molecular weight is 276 g/mol. The second-order valence-electron chi connectivity index (χ2n) is 5.01. The molecular weight excluding hydrogens is 256 g/mol. The lowest BCUT2D eigenvalue weighted by Gasteiger charge is -2.11. The van der Waals surface area contributed by atoms with E-state index < -0.39 is 0 Å². The molecule has 2 rings (SSSR count). The molecule has 0 bridgehead atoms. The number of thioether (sulfide) groups is 1. The Morgan fingerprint density at radius 3 is 2.58 bits per heavy atom. The quantitative estimate of drug-likeness (QED) is 0.870. The zero-order valence-corrected chi connectivity index (χ0v) is 12.7. The predicted molar refractivity (Wildman–Crippen MR) is 80.3 cm³/mol. The zero-order chi connectivity index (χ0) is 14.0. The topological polar surface area (TPSA) is 56.7 Å². The Hall–Kier alpha value is -1.49. The number of anilines is 1. The van der Waals surface area contributed by atoms with E-state index in [1.807, 2.05) is 4.57 Å². The first-order valence-corrected chi connectivity index (χ1v) is 7.37. The molecular formula is C14H20N4S. The molecule has 5 heteroatoms. The minimum absolute atomic E-state index is 0.275. The Bertz CT molecular complexity index is 575. The molecule has 0 saturated carbocycles. The molecule has 0 unspecified atom stereocenters. The molecule has 0 amide bonds. The van der Waals surface area contributed by atoms with Crippen LogP contribution in [0.4, 0.5) is 5.95 Å². The summed E-state index contributed by atoms with van der Waals surface area (Å²) >= 11 is 1.67. The molecule has 0 aliphatic heterocycles. The molecule has 0 radical (unpaired) electrons. The van der Waals surface area contributed by atoms with Crippen LogP contribution in [0, 0.1) is 13.8 Å². The van der Waals surface area contributed by atoms with E-state index in [1.54, 1.807) is 11.8 Å². The summed E-state index contributed by atoms with van der Waals surface area (Å²) in [7, 11) is 0. The van der Waals surface area contributed by atoms with Crippen LogP contribution in [0.15, 0.2) is 23.4 Å². The van der Waals surface area contributed by atoms with Crippen molar-refractivity contribution < 1.29 is 0 Å². The monoisotopic (exact) mass is 276 g/mol. The van der Waals surface area contributed by atoms with Crippen LogP contribution in [-0.4, -0.2) is 14.8 Å². The normalized spacial score (nSPS) is 11.2. The average Bonchev–Trinajstić information content (AvgIpc) is 2.72. The molecule has 0 spiro atoms. The van der Waals surface area contributed by atoms with Crippen LogP contribution in [-0.2, 0) is 5.75 Å². The van der Waals surface area contributed by atoms with Crippen molar-refractivity contribution in [2.24, 2.45) is 0 Å². The number of nitrogens with two attached hydrogens (primary N) is 1. The van der Waals surface area contributed by atoms with Crippen molar-refractivity contribution >= 4 is 17.7 Å². The van der Waals surface area contributed by atoms with Gasteiger partial charge in [-0.2, -0.15) is 0 Å². The first kappa shape index (κ1) is 13.9. The van der Waals surface area contributed by atoms with E-state index >= 15 is 0 Å². The lowest BCUT2D eigenvalue weighted by atomic mass is 10.1. The van der Waals surface area contributed by atoms with Gasteiger partial charge in [-0.25, -0.2) is 0 Å². The molecule has 0 aliphatic rings. The van der Waals surface area contributed by atoms with Crippen LogP contribution in [0.2, 0.25) is 0 Å². The Kier molecular flexibility index (Phi) is 4.14. The SMILES string of the molecule is Cc1ccc(CSc2nnc(N)n2C(C)C)cc1C. The number of hydrogen-bond donors (Lipinski definition) is 1. The molecule has 1 heterocycles. The number of hydrogen-bond acceptors (Lipinski definition) is 4. The minimum Gasteiger partial charge on any atom is -0.368 e. The number of benzene rings is 1. The third kappa shape index (κ3) is 3.10. The third-order valence-corrected chi connectivity index (χ3v) is 4.16. The highest BCUT2D eigenvalue weighted by Crippen LogP contribution is 2.26. The summed E-state index contributed by atoms with van der Waals surface area (Å²) in [6.07, 6.45) is 0. The summed E-state index contributed by atoms with van der Waals surface area (Å²) in [6.45, 7) is 8.43. The highest BCUT2D eigenvalue weighted by molar-refractivity contribution is 7.98. The van der Waals surface area contributed by atoms with Crippen LogP contribution < -0.4 is 5.73 Å². The van der Waals surface area contributed by atoms with Crippen LogP contribution in [0.5, 0.6) is 0 Å². The van der Waals surface area contributed by atoms with Gasteiger partial charge >= 0.3 is 0 Å². The molecule has 1 aromatic heterocycles. The van der Waals surface area contributed by atoms with Gasteiger partial charge in [0.15, 0.2) is 5.16 Å². The number of nitrogens with zero attached hydrogens (tertiary/aromatic N) is 3. The van der Waals surface area contributed by atoms with Crippen molar-refractivity contribution in [3.05, 3.63) is 34.9 Å². The van der Waals surface area contributed by atoms with Gasteiger partial charge in [-0.05, 0) is 44.4 Å². The van der Waals surface area contributed by atoms with Crippen molar-refractivity contribution in [3.63, 3.8) is 0 Å². The van der Waals surface area contributed by atoms with Crippen LogP contribution in [0.25, 0.3) is 0 Å². The van der Waals surface area contributed by atoms with E-state index in [0.29, 0.717) is 5.95 Å². The second-order valence-corrected chi connectivity index (χ2v) is 5.95. The minimum atomic E-state index is 0.275. The van der Waals surface area contributed by atoms with Gasteiger partial charge in [-0.15, -0.1) is 10.2 Å². The highest BCUT2D eigenvalue weighted by atomic mass is 32.2. The van der Waals surface area contributed by atoms with Gasteiger partial charge in [0.2, 0.25) is 5.95 Å². The fourth-order valence-electron chi connectivity index (χ4n) is 1.91. The molecule has 0 fully saturated rings.